The van der Waals surface area contributed by atoms with Crippen molar-refractivity contribution in [2.24, 2.45) is 33.8 Å². The Kier molecular flexibility index (Phi) is 12.3. The van der Waals surface area contributed by atoms with Crippen molar-refractivity contribution < 1.29 is 19.2 Å². The molecule has 0 atom stereocenters. The smallest absolute Gasteiger partial charge is 0.238 e. The Morgan fingerprint density at radius 1 is 0.435 bits per heavy atom. The number of thiocarbonyl (C=S) groups is 4. The molecular weight excluding hydrogens is 853 g/mol. The number of likely N-dealkylation sites (tertiary alicyclic amines) is 2. The summed E-state index contributed by atoms with van der Waals surface area (Å²) in [5, 5.41) is 0. The summed E-state index contributed by atoms with van der Waals surface area (Å²) in [5.74, 6) is -2.40. The van der Waals surface area contributed by atoms with E-state index in [1.54, 1.807) is 18.2 Å². The lowest BCUT2D eigenvalue weighted by Crippen LogP contribution is -2.65. The van der Waals surface area contributed by atoms with Crippen molar-refractivity contribution in [3.8, 4) is 0 Å². The van der Waals surface area contributed by atoms with Gasteiger partial charge in [-0.3, -0.25) is 29.0 Å². The molecule has 2 saturated heterocycles. The van der Waals surface area contributed by atoms with Crippen LogP contribution >= 0.6 is 48.9 Å². The zero-order valence-electron chi connectivity index (χ0n) is 33.6. The highest BCUT2D eigenvalue weighted by Gasteiger charge is 2.63. The van der Waals surface area contributed by atoms with Gasteiger partial charge in [0.1, 0.15) is 20.0 Å². The van der Waals surface area contributed by atoms with Gasteiger partial charge in [0.2, 0.25) is 23.6 Å². The summed E-state index contributed by atoms with van der Waals surface area (Å²) in [4.78, 5) is 60.4. The van der Waals surface area contributed by atoms with Crippen LogP contribution in [0, 0.1) is 10.8 Å². The standard InChI is InChI=1S/C48H44N6O4S4/c49-39(59)47(40(50)60,53-37(55)29-45(43(53)57,25-31-14-5-1-6-15-31)26-32-16-7-2-8-17-32)35-22-13-23-36(24-35)48(41(51)61,42(52)62)54-38(56)30-46(44(54)58,27-33-18-9-3-10-19-33)28-34-20-11-4-12-21-34/h1-24H,25-30H2,(H2,49,59)(H2,50,60)(H2,51,61)(H2,52,62). The van der Waals surface area contributed by atoms with Crippen molar-refractivity contribution in [3.05, 3.63) is 179 Å². The first-order valence-corrected chi connectivity index (χ1v) is 21.5. The van der Waals surface area contributed by atoms with Crippen LogP contribution in [0.15, 0.2) is 146 Å². The van der Waals surface area contributed by atoms with Gasteiger partial charge in [0, 0.05) is 12.8 Å². The average molecular weight is 897 g/mol. The summed E-state index contributed by atoms with van der Waals surface area (Å²) in [6, 6.07) is 43.6. The molecule has 0 spiro atoms. The van der Waals surface area contributed by atoms with Gasteiger partial charge in [-0.25, -0.2) is 0 Å². The van der Waals surface area contributed by atoms with E-state index < -0.39 is 65.5 Å². The molecule has 62 heavy (non-hydrogen) atoms. The van der Waals surface area contributed by atoms with E-state index in [1.165, 1.54) is 6.07 Å². The van der Waals surface area contributed by atoms with Gasteiger partial charge < -0.3 is 22.9 Å². The third-order valence-corrected chi connectivity index (χ3v) is 13.3. The molecule has 2 fully saturated rings. The number of nitrogens with two attached hydrogens (primary N) is 4. The van der Waals surface area contributed by atoms with Crippen LogP contribution in [0.5, 0.6) is 0 Å². The van der Waals surface area contributed by atoms with E-state index in [1.807, 2.05) is 121 Å². The number of imide groups is 2. The highest BCUT2D eigenvalue weighted by Crippen LogP contribution is 2.49. The number of benzene rings is 5. The molecule has 10 nitrogen and oxygen atoms in total. The summed E-state index contributed by atoms with van der Waals surface area (Å²) in [6.45, 7) is 0. The molecule has 5 aromatic rings. The van der Waals surface area contributed by atoms with Crippen LogP contribution in [0.25, 0.3) is 0 Å². The van der Waals surface area contributed by atoms with E-state index >= 15 is 9.59 Å². The highest BCUT2D eigenvalue weighted by molar-refractivity contribution is 7.82. The van der Waals surface area contributed by atoms with Gasteiger partial charge in [0.15, 0.2) is 11.1 Å². The van der Waals surface area contributed by atoms with E-state index in [0.29, 0.717) is 0 Å². The van der Waals surface area contributed by atoms with Crippen LogP contribution in [-0.2, 0) is 55.9 Å². The zero-order chi connectivity index (χ0) is 44.5. The Morgan fingerprint density at radius 3 is 0.935 bits per heavy atom. The molecule has 0 unspecified atom stereocenters. The number of amides is 4. The maximum absolute atomic E-state index is 15.3. The monoisotopic (exact) mass is 896 g/mol. The number of carbonyl (C=O) groups is 4. The predicted octanol–water partition coefficient (Wildman–Crippen LogP) is 5.68. The number of carbonyl (C=O) groups excluding carboxylic acids is 4. The Balaban J connectivity index is 1.38. The highest BCUT2D eigenvalue weighted by atomic mass is 32.1. The number of hydrogen-bond donors (Lipinski definition) is 4. The molecule has 2 aliphatic heterocycles. The lowest BCUT2D eigenvalue weighted by Gasteiger charge is -2.43. The second kappa shape index (κ2) is 17.4. The normalized spacial score (nSPS) is 16.1. The lowest BCUT2D eigenvalue weighted by molar-refractivity contribution is -0.145. The SMILES string of the molecule is NC(=S)C(C(N)=S)(c1cccc(C(C(N)=S)(C(N)=S)N2C(=O)CC(Cc3ccccc3)(Cc3ccccc3)C2=O)c1)N1C(=O)CC(Cc2ccccc2)(Cc2ccccc2)C1=O. The van der Waals surface area contributed by atoms with Crippen molar-refractivity contribution in [1.29, 1.82) is 0 Å². The zero-order valence-corrected chi connectivity index (χ0v) is 36.8. The van der Waals surface area contributed by atoms with Crippen molar-refractivity contribution >= 4 is 92.5 Å². The van der Waals surface area contributed by atoms with E-state index in [-0.39, 0.29) is 49.7 Å². The molecular formula is C48H44N6O4S4. The molecule has 0 bridgehead atoms. The van der Waals surface area contributed by atoms with E-state index in [2.05, 4.69) is 0 Å². The fraction of sp³-hybridized carbons (Fsp3) is 0.208. The molecule has 2 heterocycles. The molecule has 0 saturated carbocycles. The van der Waals surface area contributed by atoms with Gasteiger partial charge in [0.25, 0.3) is 0 Å². The topological polar surface area (TPSA) is 179 Å². The Hall–Kier alpha value is -6.06. The van der Waals surface area contributed by atoms with Crippen LogP contribution in [-0.4, -0.2) is 53.4 Å². The molecule has 4 amide bonds. The molecule has 0 aliphatic carbocycles. The van der Waals surface area contributed by atoms with Crippen molar-refractivity contribution in [3.63, 3.8) is 0 Å². The van der Waals surface area contributed by atoms with Crippen LogP contribution in [0.1, 0.15) is 46.2 Å². The molecule has 8 N–H and O–H groups in total. The third kappa shape index (κ3) is 7.50. The second-order valence-corrected chi connectivity index (χ2v) is 17.9. The minimum Gasteiger partial charge on any atom is -0.391 e. The third-order valence-electron chi connectivity index (χ3n) is 12.1. The summed E-state index contributed by atoms with van der Waals surface area (Å²) in [6.07, 6.45) is 0.378. The molecule has 314 valence electrons. The van der Waals surface area contributed by atoms with Gasteiger partial charge in [-0.15, -0.1) is 0 Å². The first-order chi connectivity index (χ1) is 29.6. The molecule has 0 aromatic heterocycles. The summed E-state index contributed by atoms with van der Waals surface area (Å²) in [5.41, 5.74) is 23.0. The molecule has 5 aromatic carbocycles. The number of nitrogens with zero attached hydrogens (tertiary/aromatic N) is 2. The average Bonchev–Trinajstić information content (AvgIpc) is 3.62. The maximum Gasteiger partial charge on any atom is 0.238 e. The van der Waals surface area contributed by atoms with Gasteiger partial charge in [-0.05, 0) is 65.1 Å². The lowest BCUT2D eigenvalue weighted by atomic mass is 9.74. The minimum atomic E-state index is -2.19. The molecule has 2 aliphatic rings. The first kappa shape index (κ1) is 44.0. The molecule has 0 radical (unpaired) electrons. The Bertz CT molecular complexity index is 2320. The van der Waals surface area contributed by atoms with Crippen molar-refractivity contribution in [2.75, 3.05) is 0 Å². The van der Waals surface area contributed by atoms with E-state index in [0.717, 1.165) is 32.1 Å². The molecule has 14 heteroatoms. The number of hydrogen-bond acceptors (Lipinski definition) is 8. The first-order valence-electron chi connectivity index (χ1n) is 19.8. The summed E-state index contributed by atoms with van der Waals surface area (Å²) >= 11 is 23.0. The minimum absolute atomic E-state index is 0.0720. The predicted molar refractivity (Wildman–Crippen MR) is 255 cm³/mol. The van der Waals surface area contributed by atoms with E-state index in [4.69, 9.17) is 71.8 Å². The van der Waals surface area contributed by atoms with E-state index in [9.17, 15) is 9.59 Å². The number of rotatable bonds is 16. The van der Waals surface area contributed by atoms with Gasteiger partial charge in [-0.1, -0.05) is 188 Å². The van der Waals surface area contributed by atoms with Crippen molar-refractivity contribution in [2.45, 2.75) is 49.6 Å². The van der Waals surface area contributed by atoms with Crippen molar-refractivity contribution in [1.82, 2.24) is 9.80 Å². The second-order valence-electron chi connectivity index (χ2n) is 16.1. The largest absolute Gasteiger partial charge is 0.391 e. The quantitative estimate of drug-likeness (QED) is 0.0705. The van der Waals surface area contributed by atoms with Gasteiger partial charge in [0.05, 0.1) is 10.8 Å². The fourth-order valence-electron chi connectivity index (χ4n) is 9.37. The van der Waals surface area contributed by atoms with Gasteiger partial charge >= 0.3 is 0 Å². The van der Waals surface area contributed by atoms with Crippen LogP contribution in [0.3, 0.4) is 0 Å². The summed E-state index contributed by atoms with van der Waals surface area (Å²) in [7, 11) is 0. The maximum atomic E-state index is 15.3. The Morgan fingerprint density at radius 2 is 0.694 bits per heavy atom. The Labute approximate surface area is 381 Å². The summed E-state index contributed by atoms with van der Waals surface area (Å²) < 4.78 is 0. The fourth-order valence-corrected chi connectivity index (χ4v) is 10.8. The van der Waals surface area contributed by atoms with Crippen LogP contribution in [0.4, 0.5) is 0 Å². The molecule has 7 rings (SSSR count). The van der Waals surface area contributed by atoms with Gasteiger partial charge in [-0.2, -0.15) is 0 Å². The van der Waals surface area contributed by atoms with Crippen LogP contribution in [0.2, 0.25) is 0 Å². The van der Waals surface area contributed by atoms with Crippen LogP contribution < -0.4 is 22.9 Å².